The second-order valence-corrected chi connectivity index (χ2v) is 6.74. The molecule has 0 spiro atoms. The third-order valence-corrected chi connectivity index (χ3v) is 4.55. The van der Waals surface area contributed by atoms with Gasteiger partial charge in [-0.2, -0.15) is 0 Å². The first-order valence-corrected chi connectivity index (χ1v) is 8.58. The van der Waals surface area contributed by atoms with Gasteiger partial charge in [0.1, 0.15) is 11.7 Å². The molecule has 1 N–H and O–H groups in total. The molecule has 6 nitrogen and oxygen atoms in total. The van der Waals surface area contributed by atoms with Gasteiger partial charge in [-0.05, 0) is 24.3 Å². The van der Waals surface area contributed by atoms with Crippen molar-refractivity contribution in [2.45, 2.75) is 18.7 Å². The van der Waals surface area contributed by atoms with Gasteiger partial charge in [0.2, 0.25) is 11.8 Å². The van der Waals surface area contributed by atoms with Crippen LogP contribution in [-0.4, -0.2) is 66.6 Å². The lowest BCUT2D eigenvalue weighted by Crippen LogP contribution is -2.51. The van der Waals surface area contributed by atoms with Gasteiger partial charge in [0, 0.05) is 38.3 Å². The molecule has 2 fully saturated rings. The quantitative estimate of drug-likeness (QED) is 0.762. The van der Waals surface area contributed by atoms with Crippen LogP contribution in [0, 0.1) is 5.92 Å². The number of benzene rings is 1. The van der Waals surface area contributed by atoms with E-state index in [4.69, 9.17) is 0 Å². The summed E-state index contributed by atoms with van der Waals surface area (Å²) in [4.78, 5) is 27.2. The van der Waals surface area contributed by atoms with Crippen molar-refractivity contribution in [1.29, 1.82) is 0 Å². The highest BCUT2D eigenvalue weighted by Crippen LogP contribution is 2.49. The molecule has 1 saturated heterocycles. The monoisotopic (exact) mass is 407 g/mol. The van der Waals surface area contributed by atoms with E-state index < -0.39 is 36.3 Å². The van der Waals surface area contributed by atoms with Crippen molar-refractivity contribution in [3.63, 3.8) is 0 Å². The van der Waals surface area contributed by atoms with Gasteiger partial charge in [-0.15, -0.1) is 13.2 Å². The van der Waals surface area contributed by atoms with E-state index in [2.05, 4.69) is 10.1 Å². The Hall–Kier alpha value is -2.43. The van der Waals surface area contributed by atoms with Crippen LogP contribution in [0.5, 0.6) is 5.75 Å². The normalized spacial score (nSPS) is 21.9. The molecule has 1 aliphatic carbocycles. The molecule has 0 aromatic heterocycles. The van der Waals surface area contributed by atoms with E-state index in [9.17, 15) is 31.5 Å². The number of alkyl halides is 5. The van der Waals surface area contributed by atoms with Crippen molar-refractivity contribution in [2.24, 2.45) is 5.92 Å². The van der Waals surface area contributed by atoms with E-state index in [-0.39, 0.29) is 25.5 Å². The molecule has 0 radical (unpaired) electrons. The average molecular weight is 407 g/mol. The third-order valence-electron chi connectivity index (χ3n) is 4.55. The second-order valence-electron chi connectivity index (χ2n) is 6.74. The summed E-state index contributed by atoms with van der Waals surface area (Å²) in [6.45, 7) is 1.29. The predicted molar refractivity (Wildman–Crippen MR) is 87.8 cm³/mol. The number of hydrogen-bond acceptors (Lipinski definition) is 4. The number of anilines is 1. The number of hydrogen-bond donors (Lipinski definition) is 1. The molecule has 1 saturated carbocycles. The zero-order chi connectivity index (χ0) is 20.5. The number of amides is 2. The first-order valence-electron chi connectivity index (χ1n) is 8.58. The van der Waals surface area contributed by atoms with E-state index in [1.807, 2.05) is 0 Å². The lowest BCUT2D eigenvalue weighted by Gasteiger charge is -2.34. The molecule has 1 aromatic carbocycles. The topological polar surface area (TPSA) is 61.9 Å². The molecule has 0 bridgehead atoms. The number of ether oxygens (including phenoxy) is 1. The molecule has 1 atom stereocenters. The van der Waals surface area contributed by atoms with Gasteiger partial charge in [-0.3, -0.25) is 14.5 Å². The minimum absolute atomic E-state index is 0.0163. The predicted octanol–water partition coefficient (Wildman–Crippen LogP) is 2.32. The number of nitrogens with zero attached hydrogens (tertiary/aromatic N) is 2. The average Bonchev–Trinajstić information content (AvgIpc) is 3.24. The number of carbonyl (C=O) groups is 2. The third kappa shape index (κ3) is 5.31. The van der Waals surface area contributed by atoms with Crippen LogP contribution in [0.3, 0.4) is 0 Å². The number of piperazine rings is 1. The summed E-state index contributed by atoms with van der Waals surface area (Å²) in [6, 6.07) is 4.74. The Balaban J connectivity index is 1.42. The summed E-state index contributed by atoms with van der Waals surface area (Å²) in [5, 5.41) is 2.56. The van der Waals surface area contributed by atoms with Gasteiger partial charge >= 0.3 is 6.36 Å². The van der Waals surface area contributed by atoms with Crippen molar-refractivity contribution in [3.8, 4) is 5.75 Å². The SMILES string of the molecule is O=C(CN1CCN(C(=O)C2CC2(F)F)CC1)Nc1ccc(OC(F)(F)F)cc1. The minimum atomic E-state index is -4.79. The lowest BCUT2D eigenvalue weighted by molar-refractivity contribution is -0.274. The van der Waals surface area contributed by atoms with E-state index >= 15 is 0 Å². The lowest BCUT2D eigenvalue weighted by atomic mass is 10.2. The van der Waals surface area contributed by atoms with Gasteiger partial charge in [0.15, 0.2) is 0 Å². The maximum atomic E-state index is 13.0. The number of halogens is 5. The number of carbonyl (C=O) groups excluding carboxylic acids is 2. The number of nitrogens with one attached hydrogen (secondary N) is 1. The van der Waals surface area contributed by atoms with Gasteiger partial charge in [0.05, 0.1) is 6.54 Å². The fourth-order valence-corrected chi connectivity index (χ4v) is 2.97. The Morgan fingerprint density at radius 2 is 1.68 bits per heavy atom. The van der Waals surface area contributed by atoms with Crippen LogP contribution in [-0.2, 0) is 9.59 Å². The van der Waals surface area contributed by atoms with Crippen LogP contribution in [0.15, 0.2) is 24.3 Å². The summed E-state index contributed by atoms with van der Waals surface area (Å²) in [7, 11) is 0. The van der Waals surface area contributed by atoms with Crippen molar-refractivity contribution in [2.75, 3.05) is 38.0 Å². The van der Waals surface area contributed by atoms with Crippen LogP contribution in [0.25, 0.3) is 0 Å². The first-order chi connectivity index (χ1) is 13.0. The van der Waals surface area contributed by atoms with Crippen molar-refractivity contribution < 1.29 is 36.3 Å². The highest BCUT2D eigenvalue weighted by Gasteiger charge is 2.62. The van der Waals surface area contributed by atoms with Crippen molar-refractivity contribution in [1.82, 2.24) is 9.80 Å². The first kappa shape index (κ1) is 20.3. The Morgan fingerprint density at radius 3 is 2.18 bits per heavy atom. The summed E-state index contributed by atoms with van der Waals surface area (Å²) >= 11 is 0. The molecule has 28 heavy (non-hydrogen) atoms. The molecule has 1 aromatic rings. The van der Waals surface area contributed by atoms with E-state index in [0.29, 0.717) is 18.8 Å². The molecule has 11 heteroatoms. The van der Waals surface area contributed by atoms with Crippen molar-refractivity contribution in [3.05, 3.63) is 24.3 Å². The Morgan fingerprint density at radius 1 is 1.11 bits per heavy atom. The highest BCUT2D eigenvalue weighted by molar-refractivity contribution is 5.92. The molecule has 154 valence electrons. The van der Waals surface area contributed by atoms with E-state index in [1.165, 1.54) is 17.0 Å². The molecular formula is C17H18F5N3O3. The molecule has 1 heterocycles. The summed E-state index contributed by atoms with van der Waals surface area (Å²) in [6.07, 6.45) is -5.19. The zero-order valence-electron chi connectivity index (χ0n) is 14.6. The Labute approximate surface area is 157 Å². The maximum Gasteiger partial charge on any atom is 0.573 e. The van der Waals surface area contributed by atoms with Gasteiger partial charge in [0.25, 0.3) is 5.92 Å². The second kappa shape index (κ2) is 7.53. The zero-order valence-corrected chi connectivity index (χ0v) is 14.6. The Kier molecular flexibility index (Phi) is 5.46. The summed E-state index contributed by atoms with van der Waals surface area (Å²) in [5.41, 5.74) is 0.310. The fourth-order valence-electron chi connectivity index (χ4n) is 2.97. The van der Waals surface area contributed by atoms with Gasteiger partial charge < -0.3 is 15.0 Å². The smallest absolute Gasteiger partial charge is 0.406 e. The van der Waals surface area contributed by atoms with Gasteiger partial charge in [-0.25, -0.2) is 8.78 Å². The molecule has 1 aliphatic heterocycles. The van der Waals surface area contributed by atoms with E-state index in [1.54, 1.807) is 4.90 Å². The largest absolute Gasteiger partial charge is 0.573 e. The van der Waals surface area contributed by atoms with Crippen LogP contribution >= 0.6 is 0 Å². The molecular weight excluding hydrogens is 389 g/mol. The van der Waals surface area contributed by atoms with Crippen LogP contribution < -0.4 is 10.1 Å². The summed E-state index contributed by atoms with van der Waals surface area (Å²) < 4.78 is 66.1. The van der Waals surface area contributed by atoms with Crippen LogP contribution in [0.4, 0.5) is 27.6 Å². The van der Waals surface area contributed by atoms with Crippen molar-refractivity contribution >= 4 is 17.5 Å². The van der Waals surface area contributed by atoms with Gasteiger partial charge in [-0.1, -0.05) is 0 Å². The highest BCUT2D eigenvalue weighted by atomic mass is 19.4. The van der Waals surface area contributed by atoms with Crippen LogP contribution in [0.1, 0.15) is 6.42 Å². The summed E-state index contributed by atoms with van der Waals surface area (Å²) in [5.74, 6) is -5.43. The maximum absolute atomic E-state index is 13.0. The standard InChI is InChI=1S/C17H18F5N3O3/c18-16(19)9-13(16)15(27)25-7-5-24(6-8-25)10-14(26)23-11-1-3-12(4-2-11)28-17(20,21)22/h1-4,13H,5-10H2,(H,23,26). The molecule has 1 unspecified atom stereocenters. The van der Waals surface area contributed by atoms with E-state index in [0.717, 1.165) is 12.1 Å². The Bertz CT molecular complexity index is 731. The molecule has 3 rings (SSSR count). The minimum Gasteiger partial charge on any atom is -0.406 e. The van der Waals surface area contributed by atoms with Crippen LogP contribution in [0.2, 0.25) is 0 Å². The number of rotatable bonds is 5. The molecule has 2 aliphatic rings. The fraction of sp³-hybridized carbons (Fsp3) is 0.529. The molecule has 2 amide bonds.